The Hall–Kier alpha value is -1.69. The number of fused-ring (bicyclic) bond motifs is 1. The summed E-state index contributed by atoms with van der Waals surface area (Å²) in [7, 11) is 0. The summed E-state index contributed by atoms with van der Waals surface area (Å²) in [6.07, 6.45) is 4.23. The summed E-state index contributed by atoms with van der Waals surface area (Å²) in [5.41, 5.74) is 2.31. The predicted octanol–water partition coefficient (Wildman–Crippen LogP) is 0.408. The van der Waals surface area contributed by atoms with E-state index < -0.39 is 0 Å². The quantitative estimate of drug-likeness (QED) is 0.765. The molecular weight excluding hydrogens is 204 g/mol. The van der Waals surface area contributed by atoms with Crippen LogP contribution >= 0.6 is 0 Å². The second-order valence-corrected chi connectivity index (χ2v) is 3.90. The molecule has 0 spiro atoms. The first-order valence-electron chi connectivity index (χ1n) is 5.50. The van der Waals surface area contributed by atoms with Crippen LogP contribution in [0.5, 0.6) is 0 Å². The number of aromatic nitrogens is 5. The van der Waals surface area contributed by atoms with Crippen LogP contribution < -0.4 is 5.32 Å². The zero-order valence-corrected chi connectivity index (χ0v) is 9.14. The number of hydrogen-bond acceptors (Lipinski definition) is 4. The molecular formula is C10H14N6. The van der Waals surface area contributed by atoms with Gasteiger partial charge in [0.2, 0.25) is 0 Å². The summed E-state index contributed by atoms with van der Waals surface area (Å²) in [5.74, 6) is 0.996. The molecule has 0 aromatic carbocycles. The van der Waals surface area contributed by atoms with Gasteiger partial charge in [-0.2, -0.15) is 5.10 Å². The predicted molar refractivity (Wildman–Crippen MR) is 57.6 cm³/mol. The summed E-state index contributed by atoms with van der Waals surface area (Å²) >= 11 is 0. The maximum atomic E-state index is 4.32. The number of H-pyrrole nitrogens is 1. The molecule has 0 fully saturated rings. The number of aryl methyl sites for hydroxylation is 1. The molecule has 3 heterocycles. The minimum Gasteiger partial charge on any atom is -0.347 e. The first kappa shape index (κ1) is 9.53. The lowest BCUT2D eigenvalue weighted by atomic mass is 10.0. The zero-order chi connectivity index (χ0) is 11.0. The maximum absolute atomic E-state index is 4.32. The van der Waals surface area contributed by atoms with Crippen molar-refractivity contribution in [2.45, 2.75) is 32.5 Å². The van der Waals surface area contributed by atoms with Crippen molar-refractivity contribution in [2.24, 2.45) is 0 Å². The van der Waals surface area contributed by atoms with Gasteiger partial charge in [0.15, 0.2) is 0 Å². The number of imidazole rings is 1. The van der Waals surface area contributed by atoms with Crippen LogP contribution in [0.25, 0.3) is 0 Å². The molecule has 84 valence electrons. The van der Waals surface area contributed by atoms with Crippen LogP contribution in [-0.4, -0.2) is 24.7 Å². The topological polar surface area (TPSA) is 71.4 Å². The van der Waals surface area contributed by atoms with E-state index in [1.807, 2.05) is 4.68 Å². The SMILES string of the molecule is CCn1ncnc1C1Cc2nc[nH]c2CN1. The van der Waals surface area contributed by atoms with E-state index >= 15 is 0 Å². The van der Waals surface area contributed by atoms with Crippen LogP contribution in [0.3, 0.4) is 0 Å². The number of rotatable bonds is 2. The monoisotopic (exact) mass is 218 g/mol. The van der Waals surface area contributed by atoms with Crippen molar-refractivity contribution in [3.05, 3.63) is 29.9 Å². The van der Waals surface area contributed by atoms with E-state index in [2.05, 4.69) is 32.3 Å². The van der Waals surface area contributed by atoms with Crippen LogP contribution in [0.15, 0.2) is 12.7 Å². The number of aromatic amines is 1. The van der Waals surface area contributed by atoms with Crippen molar-refractivity contribution in [3.8, 4) is 0 Å². The second kappa shape index (κ2) is 3.71. The van der Waals surface area contributed by atoms with Gasteiger partial charge in [0.25, 0.3) is 0 Å². The van der Waals surface area contributed by atoms with Gasteiger partial charge < -0.3 is 10.3 Å². The lowest BCUT2D eigenvalue weighted by Gasteiger charge is -2.22. The van der Waals surface area contributed by atoms with Gasteiger partial charge in [0.05, 0.1) is 23.8 Å². The molecule has 0 saturated carbocycles. The second-order valence-electron chi connectivity index (χ2n) is 3.90. The number of hydrogen-bond donors (Lipinski definition) is 2. The Labute approximate surface area is 93.1 Å². The van der Waals surface area contributed by atoms with Crippen molar-refractivity contribution in [1.29, 1.82) is 0 Å². The fourth-order valence-electron chi connectivity index (χ4n) is 2.14. The highest BCUT2D eigenvalue weighted by molar-refractivity contribution is 5.18. The summed E-state index contributed by atoms with van der Waals surface area (Å²) in [6.45, 7) is 3.73. The summed E-state index contributed by atoms with van der Waals surface area (Å²) in [6, 6.07) is 0.221. The molecule has 2 aromatic heterocycles. The molecule has 2 N–H and O–H groups in total. The summed E-state index contributed by atoms with van der Waals surface area (Å²) < 4.78 is 1.93. The van der Waals surface area contributed by atoms with Gasteiger partial charge in [-0.05, 0) is 6.92 Å². The van der Waals surface area contributed by atoms with E-state index in [1.165, 1.54) is 5.69 Å². The molecule has 16 heavy (non-hydrogen) atoms. The van der Waals surface area contributed by atoms with Crippen molar-refractivity contribution in [1.82, 2.24) is 30.0 Å². The summed E-state index contributed by atoms with van der Waals surface area (Å²) in [4.78, 5) is 11.8. The van der Waals surface area contributed by atoms with Crippen LogP contribution in [0.1, 0.15) is 30.2 Å². The van der Waals surface area contributed by atoms with Crippen molar-refractivity contribution in [3.63, 3.8) is 0 Å². The van der Waals surface area contributed by atoms with Crippen LogP contribution in [0.4, 0.5) is 0 Å². The van der Waals surface area contributed by atoms with Gasteiger partial charge in [-0.15, -0.1) is 0 Å². The Morgan fingerprint density at radius 2 is 2.44 bits per heavy atom. The average Bonchev–Trinajstić information content (AvgIpc) is 2.96. The third-order valence-electron chi connectivity index (χ3n) is 2.99. The lowest BCUT2D eigenvalue weighted by molar-refractivity contribution is 0.439. The van der Waals surface area contributed by atoms with Crippen LogP contribution in [0, 0.1) is 0 Å². The molecule has 0 amide bonds. The van der Waals surface area contributed by atoms with Crippen molar-refractivity contribution in [2.75, 3.05) is 0 Å². The van der Waals surface area contributed by atoms with E-state index in [1.54, 1.807) is 12.7 Å². The number of nitrogens with one attached hydrogen (secondary N) is 2. The highest BCUT2D eigenvalue weighted by Crippen LogP contribution is 2.21. The largest absolute Gasteiger partial charge is 0.347 e. The molecule has 2 aromatic rings. The lowest BCUT2D eigenvalue weighted by Crippen LogP contribution is -2.31. The van der Waals surface area contributed by atoms with Crippen molar-refractivity contribution < 1.29 is 0 Å². The fourth-order valence-corrected chi connectivity index (χ4v) is 2.14. The Bertz CT molecular complexity index is 485. The van der Waals surface area contributed by atoms with Crippen LogP contribution in [0.2, 0.25) is 0 Å². The molecule has 6 heteroatoms. The van der Waals surface area contributed by atoms with Gasteiger partial charge in [0, 0.05) is 19.5 Å². The van der Waals surface area contributed by atoms with E-state index in [4.69, 9.17) is 0 Å². The summed E-state index contributed by atoms with van der Waals surface area (Å²) in [5, 5.41) is 7.63. The van der Waals surface area contributed by atoms with E-state index in [0.717, 1.165) is 31.0 Å². The third kappa shape index (κ3) is 1.42. The molecule has 0 aliphatic carbocycles. The Morgan fingerprint density at radius 3 is 3.31 bits per heavy atom. The molecule has 6 nitrogen and oxygen atoms in total. The Kier molecular flexibility index (Phi) is 2.21. The molecule has 1 unspecified atom stereocenters. The van der Waals surface area contributed by atoms with Gasteiger partial charge >= 0.3 is 0 Å². The molecule has 0 radical (unpaired) electrons. The molecule has 1 aliphatic heterocycles. The molecule has 1 aliphatic rings. The van der Waals surface area contributed by atoms with Crippen molar-refractivity contribution >= 4 is 0 Å². The molecule has 3 rings (SSSR count). The number of nitrogens with zero attached hydrogens (tertiary/aromatic N) is 4. The van der Waals surface area contributed by atoms with Gasteiger partial charge in [-0.3, -0.25) is 0 Å². The minimum absolute atomic E-state index is 0.221. The van der Waals surface area contributed by atoms with Gasteiger partial charge in [-0.1, -0.05) is 0 Å². The van der Waals surface area contributed by atoms with E-state index in [9.17, 15) is 0 Å². The fraction of sp³-hybridized carbons (Fsp3) is 0.500. The molecule has 0 saturated heterocycles. The molecule has 1 atom stereocenters. The smallest absolute Gasteiger partial charge is 0.144 e. The zero-order valence-electron chi connectivity index (χ0n) is 9.14. The van der Waals surface area contributed by atoms with E-state index in [0.29, 0.717) is 0 Å². The average molecular weight is 218 g/mol. The first-order chi connectivity index (χ1) is 7.88. The molecule has 0 bridgehead atoms. The maximum Gasteiger partial charge on any atom is 0.144 e. The highest BCUT2D eigenvalue weighted by atomic mass is 15.3. The van der Waals surface area contributed by atoms with Crippen LogP contribution in [-0.2, 0) is 19.5 Å². The normalized spacial score (nSPS) is 19.7. The highest BCUT2D eigenvalue weighted by Gasteiger charge is 2.24. The third-order valence-corrected chi connectivity index (χ3v) is 2.99. The minimum atomic E-state index is 0.221. The Balaban J connectivity index is 1.88. The van der Waals surface area contributed by atoms with E-state index in [-0.39, 0.29) is 6.04 Å². The standard InChI is InChI=1S/C10H14N6/c1-2-16-10(14-6-15-16)8-3-7-9(4-11-8)13-5-12-7/h5-6,8,11H,2-4H2,1H3,(H,12,13). The Morgan fingerprint density at radius 1 is 1.50 bits per heavy atom. The first-order valence-corrected chi connectivity index (χ1v) is 5.50. The van der Waals surface area contributed by atoms with Gasteiger partial charge in [0.1, 0.15) is 12.2 Å². The van der Waals surface area contributed by atoms with Gasteiger partial charge in [-0.25, -0.2) is 14.6 Å².